The number of carboxylic acids is 1. The van der Waals surface area contributed by atoms with E-state index in [1.165, 1.54) is 11.3 Å². The molecule has 0 bridgehead atoms. The van der Waals surface area contributed by atoms with Gasteiger partial charge >= 0.3 is 5.97 Å². The summed E-state index contributed by atoms with van der Waals surface area (Å²) in [5, 5.41) is 13.7. The number of amides is 1. The summed E-state index contributed by atoms with van der Waals surface area (Å²) in [6, 6.07) is 7.45. The Kier molecular flexibility index (Phi) is 5.14. The smallest absolute Gasteiger partial charge is 0.330 e. The highest BCUT2D eigenvalue weighted by Crippen LogP contribution is 2.28. The molecule has 1 atom stereocenters. The second-order valence-corrected chi connectivity index (χ2v) is 6.65. The minimum Gasteiger partial charge on any atom is -0.493 e. The molecule has 1 amide bonds. The SMILES string of the molecule is O=C(CCC(=O)c1cccs1)NC(C(=O)O)c1ccc2c(c1)CCO2. The molecule has 6 nitrogen and oxygen atoms in total. The number of thiophene rings is 1. The van der Waals surface area contributed by atoms with Crippen molar-refractivity contribution in [1.82, 2.24) is 5.32 Å². The first-order chi connectivity index (χ1) is 12.0. The number of fused-ring (bicyclic) bond motifs is 1. The number of ketones is 1. The summed E-state index contributed by atoms with van der Waals surface area (Å²) >= 11 is 1.32. The second-order valence-electron chi connectivity index (χ2n) is 5.70. The van der Waals surface area contributed by atoms with Crippen molar-refractivity contribution >= 4 is 29.0 Å². The van der Waals surface area contributed by atoms with Crippen LogP contribution >= 0.6 is 11.3 Å². The van der Waals surface area contributed by atoms with Gasteiger partial charge in [-0.3, -0.25) is 9.59 Å². The molecule has 0 aliphatic carbocycles. The lowest BCUT2D eigenvalue weighted by Gasteiger charge is -2.15. The van der Waals surface area contributed by atoms with E-state index in [0.717, 1.165) is 17.7 Å². The van der Waals surface area contributed by atoms with E-state index in [9.17, 15) is 19.5 Å². The van der Waals surface area contributed by atoms with Gasteiger partial charge < -0.3 is 15.2 Å². The lowest BCUT2D eigenvalue weighted by atomic mass is 10.0. The average Bonchev–Trinajstić information content (AvgIpc) is 3.27. The van der Waals surface area contributed by atoms with Crippen LogP contribution < -0.4 is 10.1 Å². The van der Waals surface area contributed by atoms with Gasteiger partial charge in [-0.2, -0.15) is 0 Å². The van der Waals surface area contributed by atoms with Crippen molar-refractivity contribution in [2.45, 2.75) is 25.3 Å². The maximum atomic E-state index is 12.1. The van der Waals surface area contributed by atoms with E-state index in [4.69, 9.17) is 4.74 Å². The van der Waals surface area contributed by atoms with Crippen molar-refractivity contribution in [3.05, 3.63) is 51.7 Å². The number of Topliss-reactive ketones (excluding diaryl/α,β-unsaturated/α-hetero) is 1. The van der Waals surface area contributed by atoms with Gasteiger partial charge in [-0.25, -0.2) is 4.79 Å². The van der Waals surface area contributed by atoms with Gasteiger partial charge in [-0.15, -0.1) is 11.3 Å². The molecule has 1 aliphatic heterocycles. The standard InChI is InChI=1S/C18H17NO5S/c20-13(15-2-1-9-25-15)4-6-16(21)19-17(18(22)23)12-3-5-14-11(10-12)7-8-24-14/h1-3,5,9-10,17H,4,6-8H2,(H,19,21)(H,22,23). The van der Waals surface area contributed by atoms with Crippen LogP contribution in [-0.2, 0) is 16.0 Å². The number of aliphatic carboxylic acids is 1. The zero-order chi connectivity index (χ0) is 17.8. The fourth-order valence-electron chi connectivity index (χ4n) is 2.69. The summed E-state index contributed by atoms with van der Waals surface area (Å²) in [4.78, 5) is 36.2. The molecule has 0 spiro atoms. The number of carbonyl (C=O) groups is 3. The van der Waals surface area contributed by atoms with E-state index in [2.05, 4.69) is 5.32 Å². The first-order valence-corrected chi connectivity index (χ1v) is 8.77. The summed E-state index contributed by atoms with van der Waals surface area (Å²) in [5.41, 5.74) is 1.43. The molecule has 0 radical (unpaired) electrons. The maximum absolute atomic E-state index is 12.1. The predicted octanol–water partition coefficient (Wildman–Crippen LogP) is 2.59. The first-order valence-electron chi connectivity index (χ1n) is 7.89. The Labute approximate surface area is 148 Å². The van der Waals surface area contributed by atoms with Crippen LogP contribution in [0.2, 0.25) is 0 Å². The van der Waals surface area contributed by atoms with Crippen molar-refractivity contribution in [1.29, 1.82) is 0 Å². The molecule has 25 heavy (non-hydrogen) atoms. The number of carbonyl (C=O) groups excluding carboxylic acids is 2. The lowest BCUT2D eigenvalue weighted by molar-refractivity contribution is -0.142. The topological polar surface area (TPSA) is 92.7 Å². The Hall–Kier alpha value is -2.67. The summed E-state index contributed by atoms with van der Waals surface area (Å²) in [6.07, 6.45) is 0.726. The quantitative estimate of drug-likeness (QED) is 0.741. The number of hydrogen-bond donors (Lipinski definition) is 2. The Balaban J connectivity index is 1.62. The number of nitrogens with one attached hydrogen (secondary N) is 1. The molecule has 0 saturated carbocycles. The lowest BCUT2D eigenvalue weighted by Crippen LogP contribution is -2.33. The third-order valence-corrected chi connectivity index (χ3v) is 4.89. The molecule has 2 aromatic rings. The average molecular weight is 359 g/mol. The number of benzene rings is 1. The third kappa shape index (κ3) is 4.06. The molecule has 0 saturated heterocycles. The van der Waals surface area contributed by atoms with E-state index >= 15 is 0 Å². The zero-order valence-electron chi connectivity index (χ0n) is 13.4. The van der Waals surface area contributed by atoms with Crippen LogP contribution in [0.4, 0.5) is 0 Å². The number of carboxylic acid groups (broad SMARTS) is 1. The van der Waals surface area contributed by atoms with Crippen LogP contribution in [0.3, 0.4) is 0 Å². The van der Waals surface area contributed by atoms with E-state index in [0.29, 0.717) is 17.0 Å². The van der Waals surface area contributed by atoms with Crippen molar-refractivity contribution in [3.63, 3.8) is 0 Å². The van der Waals surface area contributed by atoms with Crippen molar-refractivity contribution < 1.29 is 24.2 Å². The summed E-state index contributed by atoms with van der Waals surface area (Å²) in [5.74, 6) is -0.974. The van der Waals surface area contributed by atoms with Crippen LogP contribution in [0.5, 0.6) is 5.75 Å². The van der Waals surface area contributed by atoms with Crippen molar-refractivity contribution in [3.8, 4) is 5.75 Å². The van der Waals surface area contributed by atoms with Crippen LogP contribution in [-0.4, -0.2) is 29.4 Å². The Bertz CT molecular complexity index is 800. The van der Waals surface area contributed by atoms with Gasteiger partial charge in [-0.05, 0) is 34.7 Å². The highest BCUT2D eigenvalue weighted by Gasteiger charge is 2.24. The monoisotopic (exact) mass is 359 g/mol. The van der Waals surface area contributed by atoms with Gasteiger partial charge in [0.2, 0.25) is 5.91 Å². The Morgan fingerprint density at radius 1 is 1.24 bits per heavy atom. The zero-order valence-corrected chi connectivity index (χ0v) is 14.2. The molecule has 1 unspecified atom stereocenters. The van der Waals surface area contributed by atoms with Gasteiger partial charge in [0.15, 0.2) is 11.8 Å². The maximum Gasteiger partial charge on any atom is 0.330 e. The van der Waals surface area contributed by atoms with Gasteiger partial charge in [0, 0.05) is 19.3 Å². The van der Waals surface area contributed by atoms with E-state index < -0.39 is 17.9 Å². The van der Waals surface area contributed by atoms with Crippen LogP contribution in [0.25, 0.3) is 0 Å². The molecular weight excluding hydrogens is 342 g/mol. The molecular formula is C18H17NO5S. The minimum absolute atomic E-state index is 0.0471. The highest BCUT2D eigenvalue weighted by atomic mass is 32.1. The van der Waals surface area contributed by atoms with Gasteiger partial charge in [0.1, 0.15) is 5.75 Å². The van der Waals surface area contributed by atoms with Gasteiger partial charge in [0.05, 0.1) is 11.5 Å². The van der Waals surface area contributed by atoms with Crippen LogP contribution in [0.1, 0.15) is 39.7 Å². The Morgan fingerprint density at radius 3 is 2.80 bits per heavy atom. The van der Waals surface area contributed by atoms with Crippen LogP contribution in [0.15, 0.2) is 35.7 Å². The predicted molar refractivity (Wildman–Crippen MR) is 92.0 cm³/mol. The molecule has 3 rings (SSSR count). The van der Waals surface area contributed by atoms with E-state index in [-0.39, 0.29) is 18.6 Å². The van der Waals surface area contributed by atoms with Gasteiger partial charge in [-0.1, -0.05) is 12.1 Å². The normalized spacial score (nSPS) is 13.6. The van der Waals surface area contributed by atoms with Crippen molar-refractivity contribution in [2.24, 2.45) is 0 Å². The van der Waals surface area contributed by atoms with E-state index in [1.54, 1.807) is 35.7 Å². The molecule has 2 heterocycles. The van der Waals surface area contributed by atoms with Gasteiger partial charge in [0.25, 0.3) is 0 Å². The fraction of sp³-hybridized carbons (Fsp3) is 0.278. The largest absolute Gasteiger partial charge is 0.493 e. The molecule has 1 aliphatic rings. The van der Waals surface area contributed by atoms with Crippen molar-refractivity contribution in [2.75, 3.05) is 6.61 Å². The number of rotatable bonds is 7. The molecule has 2 N–H and O–H groups in total. The minimum atomic E-state index is -1.14. The summed E-state index contributed by atoms with van der Waals surface area (Å²) < 4.78 is 5.40. The fourth-order valence-corrected chi connectivity index (χ4v) is 3.39. The molecule has 0 fully saturated rings. The first kappa shape index (κ1) is 17.2. The van der Waals surface area contributed by atoms with Crippen LogP contribution in [0, 0.1) is 0 Å². The number of hydrogen-bond acceptors (Lipinski definition) is 5. The molecule has 1 aromatic heterocycles. The number of ether oxygens (including phenoxy) is 1. The molecule has 7 heteroatoms. The Morgan fingerprint density at radius 2 is 2.08 bits per heavy atom. The molecule has 1 aromatic carbocycles. The molecule has 130 valence electrons. The highest BCUT2D eigenvalue weighted by molar-refractivity contribution is 7.12. The summed E-state index contributed by atoms with van der Waals surface area (Å²) in [6.45, 7) is 0.577. The second kappa shape index (κ2) is 7.48. The third-order valence-electron chi connectivity index (χ3n) is 3.97. The van der Waals surface area contributed by atoms with E-state index in [1.807, 2.05) is 0 Å². The summed E-state index contributed by atoms with van der Waals surface area (Å²) in [7, 11) is 0.